The Balaban J connectivity index is 2.61. The van der Waals surface area contributed by atoms with Crippen molar-refractivity contribution in [2.75, 3.05) is 29.7 Å². The van der Waals surface area contributed by atoms with Gasteiger partial charge in [0.25, 0.3) is 0 Å². The Bertz CT molecular complexity index is 961. The van der Waals surface area contributed by atoms with Crippen molar-refractivity contribution < 1.29 is 9.53 Å². The molecule has 7 nitrogen and oxygen atoms in total. The lowest BCUT2D eigenvalue weighted by atomic mass is 10.1. The fourth-order valence-electron chi connectivity index (χ4n) is 2.97. The minimum atomic E-state index is 0.322. The number of benzene rings is 2. The number of rotatable bonds is 7. The van der Waals surface area contributed by atoms with Gasteiger partial charge in [-0.15, -0.1) is 0 Å². The Morgan fingerprint density at radius 3 is 2.48 bits per heavy atom. The number of nitrogen functional groups attached to an aromatic ring is 1. The SMILES string of the molecule is C=CN=C(/C(=C(\C)N)N(C)c1ccc(C)c(OC)c1)N(C=O)c1cccc(N)c1. The third kappa shape index (κ3) is 4.76. The third-order valence-electron chi connectivity index (χ3n) is 4.40. The maximum absolute atomic E-state index is 12.0. The molecule has 1 amide bonds. The van der Waals surface area contributed by atoms with E-state index in [9.17, 15) is 4.79 Å². The Labute approximate surface area is 171 Å². The number of nitrogens with zero attached hydrogens (tertiary/aromatic N) is 3. The molecule has 2 aromatic carbocycles. The van der Waals surface area contributed by atoms with Crippen LogP contribution in [0.15, 0.2) is 71.6 Å². The number of nitrogens with two attached hydrogens (primary N) is 2. The summed E-state index contributed by atoms with van der Waals surface area (Å²) in [7, 11) is 3.46. The molecular formula is C22H27N5O2. The summed E-state index contributed by atoms with van der Waals surface area (Å²) in [5.74, 6) is 1.07. The van der Waals surface area contributed by atoms with E-state index in [0.29, 0.717) is 35.0 Å². The summed E-state index contributed by atoms with van der Waals surface area (Å²) in [6.45, 7) is 7.40. The molecule has 0 spiro atoms. The van der Waals surface area contributed by atoms with E-state index in [-0.39, 0.29) is 0 Å². The van der Waals surface area contributed by atoms with Crippen LogP contribution in [0.2, 0.25) is 0 Å². The van der Waals surface area contributed by atoms with Crippen molar-refractivity contribution in [1.82, 2.24) is 0 Å². The summed E-state index contributed by atoms with van der Waals surface area (Å²) in [5, 5.41) is 0. The summed E-state index contributed by atoms with van der Waals surface area (Å²) in [4.78, 5) is 19.6. The Morgan fingerprint density at radius 2 is 1.93 bits per heavy atom. The average molecular weight is 393 g/mol. The molecule has 7 heteroatoms. The highest BCUT2D eigenvalue weighted by molar-refractivity contribution is 6.20. The highest BCUT2D eigenvalue weighted by Gasteiger charge is 2.23. The van der Waals surface area contributed by atoms with Crippen LogP contribution in [-0.4, -0.2) is 26.4 Å². The smallest absolute Gasteiger partial charge is 0.219 e. The molecule has 0 bridgehead atoms. The number of anilines is 3. The number of aryl methyl sites for hydroxylation is 1. The van der Waals surface area contributed by atoms with Crippen LogP contribution in [0.25, 0.3) is 0 Å². The number of aliphatic imine (C=N–C) groups is 1. The van der Waals surface area contributed by atoms with Gasteiger partial charge in [-0.2, -0.15) is 0 Å². The summed E-state index contributed by atoms with van der Waals surface area (Å²) in [6, 6.07) is 12.8. The molecule has 0 heterocycles. The van der Waals surface area contributed by atoms with E-state index < -0.39 is 0 Å². The highest BCUT2D eigenvalue weighted by Crippen LogP contribution is 2.29. The van der Waals surface area contributed by atoms with Gasteiger partial charge in [0.05, 0.1) is 12.8 Å². The van der Waals surface area contributed by atoms with Crippen molar-refractivity contribution in [3.8, 4) is 5.75 Å². The van der Waals surface area contributed by atoms with Crippen LogP contribution >= 0.6 is 0 Å². The molecule has 2 rings (SSSR count). The number of amidine groups is 1. The maximum atomic E-state index is 12.0. The normalized spacial score (nSPS) is 12.1. The summed E-state index contributed by atoms with van der Waals surface area (Å²) < 4.78 is 5.43. The molecule has 0 aliphatic heterocycles. The van der Waals surface area contributed by atoms with Crippen LogP contribution in [0.3, 0.4) is 0 Å². The van der Waals surface area contributed by atoms with Gasteiger partial charge in [0, 0.05) is 36.4 Å². The van der Waals surface area contributed by atoms with Crippen LogP contribution < -0.4 is 26.0 Å². The van der Waals surface area contributed by atoms with Crippen molar-refractivity contribution in [3.05, 3.63) is 72.2 Å². The molecule has 0 aliphatic carbocycles. The summed E-state index contributed by atoms with van der Waals surface area (Å²) in [6.07, 6.45) is 2.04. The quantitative estimate of drug-likeness (QED) is 0.325. The van der Waals surface area contributed by atoms with Crippen LogP contribution in [0.5, 0.6) is 5.75 Å². The van der Waals surface area contributed by atoms with Gasteiger partial charge in [-0.25, -0.2) is 4.99 Å². The van der Waals surface area contributed by atoms with Gasteiger partial charge < -0.3 is 21.1 Å². The van der Waals surface area contributed by atoms with Gasteiger partial charge in [0.1, 0.15) is 11.4 Å². The second kappa shape index (κ2) is 9.45. The average Bonchev–Trinajstić information content (AvgIpc) is 2.69. The topological polar surface area (TPSA) is 97.2 Å². The molecule has 4 N–H and O–H groups in total. The van der Waals surface area contributed by atoms with E-state index in [1.165, 1.54) is 11.1 Å². The third-order valence-corrected chi connectivity index (χ3v) is 4.40. The molecule has 152 valence electrons. The Kier molecular flexibility index (Phi) is 7.03. The fourth-order valence-corrected chi connectivity index (χ4v) is 2.97. The number of methoxy groups -OCH3 is 1. The lowest BCUT2D eigenvalue weighted by Gasteiger charge is -2.29. The molecule has 2 aromatic rings. The molecule has 0 saturated carbocycles. The number of carbonyl (C=O) groups is 1. The van der Waals surface area contributed by atoms with E-state index in [2.05, 4.69) is 11.6 Å². The highest BCUT2D eigenvalue weighted by atomic mass is 16.5. The first-order valence-electron chi connectivity index (χ1n) is 8.97. The second-order valence-electron chi connectivity index (χ2n) is 6.45. The molecule has 0 fully saturated rings. The van der Waals surface area contributed by atoms with Gasteiger partial charge >= 0.3 is 0 Å². The predicted octanol–water partition coefficient (Wildman–Crippen LogP) is 3.42. The molecule has 0 aromatic heterocycles. The van der Waals surface area contributed by atoms with Crippen LogP contribution in [0, 0.1) is 6.92 Å². The predicted molar refractivity (Wildman–Crippen MR) is 120 cm³/mol. The number of allylic oxidation sites excluding steroid dienone is 1. The van der Waals surface area contributed by atoms with E-state index >= 15 is 0 Å². The zero-order chi connectivity index (χ0) is 21.6. The number of ether oxygens (including phenoxy) is 1. The Hall–Kier alpha value is -3.74. The van der Waals surface area contributed by atoms with Crippen molar-refractivity contribution in [3.63, 3.8) is 0 Å². The first-order chi connectivity index (χ1) is 13.8. The number of hydrogen-bond acceptors (Lipinski definition) is 6. The summed E-state index contributed by atoms with van der Waals surface area (Å²) >= 11 is 0. The van der Waals surface area contributed by atoms with E-state index in [1.54, 1.807) is 38.3 Å². The van der Waals surface area contributed by atoms with Gasteiger partial charge in [0.2, 0.25) is 6.41 Å². The van der Waals surface area contributed by atoms with E-state index in [4.69, 9.17) is 16.2 Å². The number of amides is 1. The maximum Gasteiger partial charge on any atom is 0.219 e. The van der Waals surface area contributed by atoms with Crippen molar-refractivity contribution in [2.24, 2.45) is 10.7 Å². The van der Waals surface area contributed by atoms with Crippen LogP contribution in [0.4, 0.5) is 17.1 Å². The van der Waals surface area contributed by atoms with E-state index in [1.807, 2.05) is 37.1 Å². The van der Waals surface area contributed by atoms with Crippen molar-refractivity contribution in [2.45, 2.75) is 13.8 Å². The molecule has 0 atom stereocenters. The van der Waals surface area contributed by atoms with Gasteiger partial charge in [-0.1, -0.05) is 18.7 Å². The van der Waals surface area contributed by atoms with Gasteiger partial charge in [-0.05, 0) is 43.7 Å². The largest absolute Gasteiger partial charge is 0.496 e. The second-order valence-corrected chi connectivity index (χ2v) is 6.45. The number of likely N-dealkylation sites (N-methyl/N-ethyl adjacent to an activating group) is 1. The lowest BCUT2D eigenvalue weighted by molar-refractivity contribution is -0.106. The minimum absolute atomic E-state index is 0.322. The zero-order valence-electron chi connectivity index (χ0n) is 17.2. The van der Waals surface area contributed by atoms with Gasteiger partial charge in [0.15, 0.2) is 5.84 Å². The first kappa shape index (κ1) is 21.6. The summed E-state index contributed by atoms with van der Waals surface area (Å²) in [5.41, 5.74) is 16.1. The van der Waals surface area contributed by atoms with Crippen molar-refractivity contribution in [1.29, 1.82) is 0 Å². The van der Waals surface area contributed by atoms with Crippen molar-refractivity contribution >= 4 is 29.3 Å². The molecule has 0 radical (unpaired) electrons. The Morgan fingerprint density at radius 1 is 1.21 bits per heavy atom. The molecule has 0 unspecified atom stereocenters. The first-order valence-corrected chi connectivity index (χ1v) is 8.97. The number of hydrogen-bond donors (Lipinski definition) is 2. The molecule has 29 heavy (non-hydrogen) atoms. The monoisotopic (exact) mass is 393 g/mol. The van der Waals surface area contributed by atoms with Crippen LogP contribution in [-0.2, 0) is 4.79 Å². The number of carbonyl (C=O) groups excluding carboxylic acids is 1. The lowest BCUT2D eigenvalue weighted by Crippen LogP contribution is -2.38. The van der Waals surface area contributed by atoms with Crippen LogP contribution in [0.1, 0.15) is 12.5 Å². The standard InChI is InChI=1S/C22H27N5O2/c1-6-25-22(27(14-28)19-9-7-8-17(24)12-19)21(16(3)23)26(4)18-11-10-15(2)20(13-18)29-5/h6-14H,1,23-24H2,2-5H3/b21-16-,25-22?. The molecule has 0 aliphatic rings. The van der Waals surface area contributed by atoms with Gasteiger partial charge in [-0.3, -0.25) is 9.69 Å². The zero-order valence-corrected chi connectivity index (χ0v) is 17.2. The molecule has 0 saturated heterocycles. The fraction of sp³-hybridized carbons (Fsp3) is 0.182. The minimum Gasteiger partial charge on any atom is -0.496 e. The van der Waals surface area contributed by atoms with E-state index in [0.717, 1.165) is 17.0 Å². The molecular weight excluding hydrogens is 366 g/mol.